The highest BCUT2D eigenvalue weighted by Crippen LogP contribution is 2.64. The zero-order valence-electron chi connectivity index (χ0n) is 12.1. The van der Waals surface area contributed by atoms with Crippen molar-refractivity contribution in [1.82, 2.24) is 5.32 Å². The Kier molecular flexibility index (Phi) is 6.77. The summed E-state index contributed by atoms with van der Waals surface area (Å²) in [5.41, 5.74) is -0.669. The molecular formula is C11H20ClNO7P. The molecule has 1 radical (unpaired) electrons. The lowest BCUT2D eigenvalue weighted by molar-refractivity contribution is -0.144. The Labute approximate surface area is 128 Å². The molecule has 1 rings (SSSR count). The van der Waals surface area contributed by atoms with E-state index in [-0.39, 0.29) is 25.6 Å². The Bertz CT molecular complexity index is 395. The number of amides is 1. The first-order valence-corrected chi connectivity index (χ1v) is 8.27. The summed E-state index contributed by atoms with van der Waals surface area (Å²) in [6.45, 7) is 3.68. The van der Waals surface area contributed by atoms with Gasteiger partial charge in [-0.15, -0.1) is 0 Å². The average molecular weight is 345 g/mol. The summed E-state index contributed by atoms with van der Waals surface area (Å²) in [5.74, 6) is -0.902. The largest absolute Gasteiger partial charge is 0.469 e. The second kappa shape index (κ2) is 7.67. The molecule has 0 bridgehead atoms. The van der Waals surface area contributed by atoms with Gasteiger partial charge in [0, 0.05) is 12.0 Å². The molecule has 0 aromatic heterocycles. The number of hydrogen-bond donors (Lipinski definition) is 2. The molecule has 1 unspecified atom stereocenters. The van der Waals surface area contributed by atoms with E-state index in [4.69, 9.17) is 25.2 Å². The molecule has 2 N–H and O–H groups in total. The van der Waals surface area contributed by atoms with Crippen molar-refractivity contribution in [3.63, 3.8) is 0 Å². The molecule has 1 aliphatic heterocycles. The fourth-order valence-electron chi connectivity index (χ4n) is 1.64. The number of esters is 1. The van der Waals surface area contributed by atoms with E-state index in [1.54, 1.807) is 13.8 Å². The Morgan fingerprint density at radius 1 is 1.52 bits per heavy atom. The molecule has 1 saturated heterocycles. The van der Waals surface area contributed by atoms with Crippen molar-refractivity contribution in [1.29, 1.82) is 0 Å². The smallest absolute Gasteiger partial charge is 0.379 e. The number of carbonyl (C=O) groups excluding carboxylic acids is 2. The SMILES string of the molecule is COC(=O)CCNC(=O)[C@@H]1O[P](O)(OCCl)OCC1(C)C. The van der Waals surface area contributed by atoms with Crippen LogP contribution in [0.4, 0.5) is 0 Å². The number of hydrogen-bond acceptors (Lipinski definition) is 7. The average Bonchev–Trinajstić information content (AvgIpc) is 2.42. The Morgan fingerprint density at radius 3 is 2.76 bits per heavy atom. The van der Waals surface area contributed by atoms with E-state index >= 15 is 0 Å². The van der Waals surface area contributed by atoms with Crippen LogP contribution in [0.15, 0.2) is 0 Å². The van der Waals surface area contributed by atoms with E-state index in [0.717, 1.165) is 0 Å². The number of halogens is 1. The Hall–Kier alpha value is -0.500. The summed E-state index contributed by atoms with van der Waals surface area (Å²) in [4.78, 5) is 33.1. The third-order valence-corrected chi connectivity index (χ3v) is 4.50. The van der Waals surface area contributed by atoms with Crippen molar-refractivity contribution < 1.29 is 32.8 Å². The summed E-state index contributed by atoms with van der Waals surface area (Å²) in [6, 6.07) is -0.318. The quantitative estimate of drug-likeness (QED) is 0.420. The molecule has 1 heterocycles. The van der Waals surface area contributed by atoms with Gasteiger partial charge in [-0.2, -0.15) is 0 Å². The molecule has 8 nitrogen and oxygen atoms in total. The predicted octanol–water partition coefficient (Wildman–Crippen LogP) is 0.990. The van der Waals surface area contributed by atoms with Crippen molar-refractivity contribution in [2.24, 2.45) is 5.41 Å². The number of carbonyl (C=O) groups is 2. The van der Waals surface area contributed by atoms with Crippen molar-refractivity contribution in [3.8, 4) is 0 Å². The van der Waals surface area contributed by atoms with Gasteiger partial charge < -0.3 is 14.9 Å². The summed E-state index contributed by atoms with van der Waals surface area (Å²) in [6.07, 6.45) is -0.936. The van der Waals surface area contributed by atoms with Crippen LogP contribution >= 0.6 is 19.8 Å². The molecule has 21 heavy (non-hydrogen) atoms. The first kappa shape index (κ1) is 18.5. The molecule has 0 spiro atoms. The van der Waals surface area contributed by atoms with Crippen molar-refractivity contribution in [2.45, 2.75) is 26.4 Å². The number of ether oxygens (including phenoxy) is 1. The molecule has 10 heteroatoms. The summed E-state index contributed by atoms with van der Waals surface area (Å²) in [7, 11) is -2.33. The van der Waals surface area contributed by atoms with Gasteiger partial charge in [0.15, 0.2) is 6.10 Å². The second-order valence-corrected chi connectivity index (χ2v) is 6.95. The van der Waals surface area contributed by atoms with Gasteiger partial charge in [0.2, 0.25) is 5.91 Å². The fraction of sp³-hybridized carbons (Fsp3) is 0.818. The van der Waals surface area contributed by atoms with Gasteiger partial charge in [0.25, 0.3) is 0 Å². The minimum Gasteiger partial charge on any atom is -0.469 e. The molecule has 123 valence electrons. The van der Waals surface area contributed by atoms with E-state index in [9.17, 15) is 14.5 Å². The van der Waals surface area contributed by atoms with Crippen LogP contribution in [0.3, 0.4) is 0 Å². The topological polar surface area (TPSA) is 103 Å². The monoisotopic (exact) mass is 344 g/mol. The van der Waals surface area contributed by atoms with Crippen LogP contribution in [0.5, 0.6) is 0 Å². The van der Waals surface area contributed by atoms with Gasteiger partial charge in [-0.05, 0) is 0 Å². The maximum absolute atomic E-state index is 12.1. The van der Waals surface area contributed by atoms with Gasteiger partial charge >= 0.3 is 14.1 Å². The lowest BCUT2D eigenvalue weighted by Gasteiger charge is -2.43. The molecule has 1 fully saturated rings. The highest BCUT2D eigenvalue weighted by Gasteiger charge is 2.50. The van der Waals surface area contributed by atoms with Crippen LogP contribution in [0.2, 0.25) is 0 Å². The zero-order chi connectivity index (χ0) is 16.1. The minimum absolute atomic E-state index is 0.0451. The van der Waals surface area contributed by atoms with E-state index in [1.807, 2.05) is 0 Å². The van der Waals surface area contributed by atoms with Crippen LogP contribution < -0.4 is 5.32 Å². The summed E-state index contributed by atoms with van der Waals surface area (Å²) < 4.78 is 19.7. The molecule has 0 aromatic carbocycles. The third-order valence-electron chi connectivity index (χ3n) is 2.85. The number of methoxy groups -OCH3 is 1. The van der Waals surface area contributed by atoms with Crippen molar-refractivity contribution >= 4 is 31.6 Å². The highest BCUT2D eigenvalue weighted by atomic mass is 35.5. The minimum atomic E-state index is -3.59. The highest BCUT2D eigenvalue weighted by molar-refractivity contribution is 7.55. The predicted molar refractivity (Wildman–Crippen MR) is 75.2 cm³/mol. The van der Waals surface area contributed by atoms with E-state index in [1.165, 1.54) is 7.11 Å². The van der Waals surface area contributed by atoms with Crippen LogP contribution in [-0.2, 0) is 27.9 Å². The lowest BCUT2D eigenvalue weighted by atomic mass is 9.87. The fourth-order valence-corrected chi connectivity index (χ4v) is 3.48. The first-order chi connectivity index (χ1) is 9.74. The van der Waals surface area contributed by atoms with Gasteiger partial charge in [0.1, 0.15) is 6.07 Å². The number of alkyl halides is 1. The molecule has 0 aromatic rings. The van der Waals surface area contributed by atoms with E-state index < -0.39 is 31.6 Å². The molecule has 1 aliphatic rings. The zero-order valence-corrected chi connectivity index (χ0v) is 13.8. The summed E-state index contributed by atoms with van der Waals surface area (Å²) >= 11 is 5.39. The Morgan fingerprint density at radius 2 is 2.19 bits per heavy atom. The van der Waals surface area contributed by atoms with E-state index in [0.29, 0.717) is 0 Å². The van der Waals surface area contributed by atoms with E-state index in [2.05, 4.69) is 10.1 Å². The Balaban J connectivity index is 2.63. The van der Waals surface area contributed by atoms with Crippen LogP contribution in [0, 0.1) is 5.41 Å². The van der Waals surface area contributed by atoms with Gasteiger partial charge in [-0.1, -0.05) is 25.4 Å². The van der Waals surface area contributed by atoms with Crippen molar-refractivity contribution in [2.75, 3.05) is 26.3 Å². The van der Waals surface area contributed by atoms with Gasteiger partial charge in [0.05, 0.1) is 20.1 Å². The van der Waals surface area contributed by atoms with Crippen LogP contribution in [0.25, 0.3) is 0 Å². The van der Waals surface area contributed by atoms with Gasteiger partial charge in [-0.3, -0.25) is 23.2 Å². The summed E-state index contributed by atoms with van der Waals surface area (Å²) in [5, 5.41) is 2.55. The maximum Gasteiger partial charge on any atom is 0.379 e. The second-order valence-electron chi connectivity index (χ2n) is 5.07. The van der Waals surface area contributed by atoms with Crippen LogP contribution in [-0.4, -0.2) is 49.2 Å². The van der Waals surface area contributed by atoms with Crippen LogP contribution in [0.1, 0.15) is 20.3 Å². The lowest BCUT2D eigenvalue weighted by Crippen LogP contribution is -2.50. The van der Waals surface area contributed by atoms with Gasteiger partial charge in [-0.25, -0.2) is 0 Å². The third kappa shape index (κ3) is 5.32. The van der Waals surface area contributed by atoms with Crippen molar-refractivity contribution in [3.05, 3.63) is 0 Å². The number of rotatable bonds is 6. The normalized spacial score (nSPS) is 28.0. The maximum atomic E-state index is 12.1. The molecule has 0 aliphatic carbocycles. The standard InChI is InChI=1S/C11H20ClNO7P/c1-11(2)6-18-21(16,19-7-12)20-9(11)10(15)13-5-4-8(14)17-3/h9,16H,4-7H2,1-3H3,(H,13,15)/t9-/m0/s1. The number of nitrogens with one attached hydrogen (secondary N) is 1. The molecule has 2 atom stereocenters. The first-order valence-electron chi connectivity index (χ1n) is 6.24. The molecular weight excluding hydrogens is 325 g/mol. The molecule has 1 amide bonds. The molecule has 0 saturated carbocycles.